The number of nitrogens with zero attached hydrogens (tertiary/aromatic N) is 2. The van der Waals surface area contributed by atoms with Crippen molar-refractivity contribution < 1.29 is 14.1 Å². The Bertz CT molecular complexity index is 374. The van der Waals surface area contributed by atoms with Gasteiger partial charge in [-0.3, -0.25) is 4.79 Å². The average Bonchev–Trinajstić information content (AvgIpc) is 2.69. The van der Waals surface area contributed by atoms with E-state index < -0.39 is 5.41 Å². The van der Waals surface area contributed by atoms with Gasteiger partial charge in [-0.2, -0.15) is 4.98 Å². The van der Waals surface area contributed by atoms with Crippen LogP contribution < -0.4 is 5.32 Å². The normalized spacial score (nSPS) is 11.5. The summed E-state index contributed by atoms with van der Waals surface area (Å²) < 4.78 is 9.69. The molecule has 0 atom stereocenters. The number of hydrogen-bond acceptors (Lipinski definition) is 6. The number of methoxy groups -OCH3 is 1. The molecular weight excluding hydrogens is 222 g/mol. The maximum Gasteiger partial charge on any atom is 0.312 e. The zero-order valence-electron chi connectivity index (χ0n) is 10.7. The fourth-order valence-corrected chi connectivity index (χ4v) is 1.39. The lowest BCUT2D eigenvalue weighted by Gasteiger charge is -2.21. The van der Waals surface area contributed by atoms with Gasteiger partial charge in [-0.25, -0.2) is 0 Å². The molecular formula is C11H19N3O3. The van der Waals surface area contributed by atoms with Crippen LogP contribution >= 0.6 is 0 Å². The van der Waals surface area contributed by atoms with Crippen LogP contribution in [0.1, 0.15) is 25.6 Å². The maximum atomic E-state index is 11.4. The number of hydrogen-bond donors (Lipinski definition) is 1. The molecule has 0 fully saturated rings. The largest absolute Gasteiger partial charge is 0.469 e. The Morgan fingerprint density at radius 1 is 1.53 bits per heavy atom. The van der Waals surface area contributed by atoms with Gasteiger partial charge in [0.15, 0.2) is 5.82 Å². The van der Waals surface area contributed by atoms with Gasteiger partial charge in [-0.05, 0) is 20.8 Å². The number of esters is 1. The molecule has 1 heterocycles. The first-order chi connectivity index (χ1) is 7.95. The second-order valence-electron chi connectivity index (χ2n) is 4.54. The highest BCUT2D eigenvalue weighted by Crippen LogP contribution is 2.15. The van der Waals surface area contributed by atoms with Gasteiger partial charge < -0.3 is 14.6 Å². The quantitative estimate of drug-likeness (QED) is 0.584. The number of ether oxygens (including phenoxy) is 1. The van der Waals surface area contributed by atoms with Crippen molar-refractivity contribution in [2.75, 3.05) is 20.2 Å². The van der Waals surface area contributed by atoms with Crippen molar-refractivity contribution >= 4 is 5.97 Å². The third-order valence-electron chi connectivity index (χ3n) is 2.39. The lowest BCUT2D eigenvalue weighted by molar-refractivity contribution is -0.150. The fourth-order valence-electron chi connectivity index (χ4n) is 1.39. The molecule has 0 spiro atoms. The van der Waals surface area contributed by atoms with E-state index in [2.05, 4.69) is 15.5 Å². The van der Waals surface area contributed by atoms with Gasteiger partial charge in [0.2, 0.25) is 5.89 Å². The topological polar surface area (TPSA) is 77.2 Å². The Balaban J connectivity index is 2.26. The monoisotopic (exact) mass is 241 g/mol. The zero-order chi connectivity index (χ0) is 12.9. The summed E-state index contributed by atoms with van der Waals surface area (Å²) in [7, 11) is 1.39. The Labute approximate surface area is 101 Å². The lowest BCUT2D eigenvalue weighted by Crippen LogP contribution is -2.37. The SMILES string of the molecule is COC(=O)C(C)(C)CNCCc1nc(C)no1. The average molecular weight is 241 g/mol. The van der Waals surface area contributed by atoms with Gasteiger partial charge in [-0.15, -0.1) is 0 Å². The molecule has 17 heavy (non-hydrogen) atoms. The molecule has 1 N–H and O–H groups in total. The molecule has 0 aromatic carbocycles. The highest BCUT2D eigenvalue weighted by Gasteiger charge is 2.27. The van der Waals surface area contributed by atoms with Crippen molar-refractivity contribution in [2.45, 2.75) is 27.2 Å². The molecule has 0 aliphatic carbocycles. The molecule has 1 aromatic rings. The molecule has 1 aromatic heterocycles. The second kappa shape index (κ2) is 5.77. The van der Waals surface area contributed by atoms with Gasteiger partial charge in [0.25, 0.3) is 0 Å². The minimum atomic E-state index is -0.528. The van der Waals surface area contributed by atoms with Crippen molar-refractivity contribution in [3.63, 3.8) is 0 Å². The van der Waals surface area contributed by atoms with Crippen LogP contribution in [0.4, 0.5) is 0 Å². The first-order valence-corrected chi connectivity index (χ1v) is 5.54. The highest BCUT2D eigenvalue weighted by molar-refractivity contribution is 5.76. The zero-order valence-corrected chi connectivity index (χ0v) is 10.7. The van der Waals surface area contributed by atoms with Crippen molar-refractivity contribution in [1.82, 2.24) is 15.5 Å². The molecule has 6 heteroatoms. The number of nitrogens with one attached hydrogen (secondary N) is 1. The molecule has 0 radical (unpaired) electrons. The first-order valence-electron chi connectivity index (χ1n) is 5.54. The third kappa shape index (κ3) is 4.14. The third-order valence-corrected chi connectivity index (χ3v) is 2.39. The predicted octanol–water partition coefficient (Wildman–Crippen LogP) is 0.709. The van der Waals surface area contributed by atoms with Gasteiger partial charge in [0.1, 0.15) is 0 Å². The van der Waals surface area contributed by atoms with Crippen molar-refractivity contribution in [3.8, 4) is 0 Å². The molecule has 0 aliphatic heterocycles. The number of carbonyl (C=O) groups is 1. The smallest absolute Gasteiger partial charge is 0.312 e. The van der Waals surface area contributed by atoms with Crippen molar-refractivity contribution in [3.05, 3.63) is 11.7 Å². The summed E-state index contributed by atoms with van der Waals surface area (Å²) in [5, 5.41) is 6.87. The lowest BCUT2D eigenvalue weighted by atomic mass is 9.94. The van der Waals surface area contributed by atoms with Crippen LogP contribution in [0, 0.1) is 12.3 Å². The second-order valence-corrected chi connectivity index (χ2v) is 4.54. The molecule has 6 nitrogen and oxygen atoms in total. The van der Waals surface area contributed by atoms with Gasteiger partial charge in [-0.1, -0.05) is 5.16 Å². The molecule has 0 unspecified atom stereocenters. The molecule has 0 bridgehead atoms. The molecule has 1 rings (SSSR count). The van der Waals surface area contributed by atoms with E-state index in [1.165, 1.54) is 7.11 Å². The van der Waals surface area contributed by atoms with Crippen LogP contribution in [0.15, 0.2) is 4.52 Å². The Hall–Kier alpha value is -1.43. The molecule has 0 amide bonds. The van der Waals surface area contributed by atoms with E-state index in [9.17, 15) is 4.79 Å². The summed E-state index contributed by atoms with van der Waals surface area (Å²) in [6.45, 7) is 6.68. The number of rotatable bonds is 6. The van der Waals surface area contributed by atoms with Crippen LogP contribution in [0.5, 0.6) is 0 Å². The van der Waals surface area contributed by atoms with Crippen molar-refractivity contribution in [1.29, 1.82) is 0 Å². The van der Waals surface area contributed by atoms with E-state index in [0.717, 1.165) is 0 Å². The van der Waals surface area contributed by atoms with Crippen LogP contribution in [0.2, 0.25) is 0 Å². The van der Waals surface area contributed by atoms with Gasteiger partial charge >= 0.3 is 5.97 Å². The Morgan fingerprint density at radius 2 is 2.24 bits per heavy atom. The van der Waals surface area contributed by atoms with E-state index in [1.54, 1.807) is 6.92 Å². The highest BCUT2D eigenvalue weighted by atomic mass is 16.5. The molecule has 0 aliphatic rings. The minimum absolute atomic E-state index is 0.223. The van der Waals surface area contributed by atoms with Crippen LogP contribution in [0.25, 0.3) is 0 Å². The van der Waals surface area contributed by atoms with E-state index >= 15 is 0 Å². The Morgan fingerprint density at radius 3 is 2.76 bits per heavy atom. The maximum absolute atomic E-state index is 11.4. The molecule has 0 saturated carbocycles. The Kier molecular flexibility index (Phi) is 4.62. The minimum Gasteiger partial charge on any atom is -0.469 e. The van der Waals surface area contributed by atoms with E-state index in [1.807, 2.05) is 13.8 Å². The predicted molar refractivity (Wildman–Crippen MR) is 61.4 cm³/mol. The molecule has 0 saturated heterocycles. The van der Waals surface area contributed by atoms with Crippen molar-refractivity contribution in [2.24, 2.45) is 5.41 Å². The summed E-state index contributed by atoms with van der Waals surface area (Å²) in [6.07, 6.45) is 0.651. The fraction of sp³-hybridized carbons (Fsp3) is 0.727. The summed E-state index contributed by atoms with van der Waals surface area (Å²) in [5.41, 5.74) is -0.528. The van der Waals surface area contributed by atoms with E-state index in [4.69, 9.17) is 9.26 Å². The standard InChI is InChI=1S/C11H19N3O3/c1-8-13-9(17-14-8)5-6-12-7-11(2,3)10(15)16-4/h12H,5-7H2,1-4H3. The number of aromatic nitrogens is 2. The van der Waals surface area contributed by atoms with Gasteiger partial charge in [0, 0.05) is 19.5 Å². The summed E-state index contributed by atoms with van der Waals surface area (Å²) in [5.74, 6) is 1.01. The van der Waals surface area contributed by atoms with E-state index in [0.29, 0.717) is 31.2 Å². The number of aryl methyl sites for hydroxylation is 1. The molecule has 96 valence electrons. The first kappa shape index (κ1) is 13.6. The van der Waals surface area contributed by atoms with Crippen LogP contribution in [0.3, 0.4) is 0 Å². The summed E-state index contributed by atoms with van der Waals surface area (Å²) in [6, 6.07) is 0. The van der Waals surface area contributed by atoms with Crippen LogP contribution in [-0.4, -0.2) is 36.3 Å². The van der Waals surface area contributed by atoms with Crippen LogP contribution in [-0.2, 0) is 16.0 Å². The van der Waals surface area contributed by atoms with Gasteiger partial charge in [0.05, 0.1) is 12.5 Å². The summed E-state index contributed by atoms with van der Waals surface area (Å²) in [4.78, 5) is 15.5. The number of carbonyl (C=O) groups excluding carboxylic acids is 1. The summed E-state index contributed by atoms with van der Waals surface area (Å²) >= 11 is 0. The van der Waals surface area contributed by atoms with E-state index in [-0.39, 0.29) is 5.97 Å².